The summed E-state index contributed by atoms with van der Waals surface area (Å²) >= 11 is 0. The second-order valence-electron chi connectivity index (χ2n) is 3.26. The summed E-state index contributed by atoms with van der Waals surface area (Å²) in [7, 11) is 0. The summed E-state index contributed by atoms with van der Waals surface area (Å²) in [5.41, 5.74) is 0. The highest BCUT2D eigenvalue weighted by molar-refractivity contribution is 5.67. The quantitative estimate of drug-likeness (QED) is 0.636. The van der Waals surface area contributed by atoms with Crippen LogP contribution in [0.4, 0.5) is 4.79 Å². The fourth-order valence-electron chi connectivity index (χ4n) is 1.25. The lowest BCUT2D eigenvalue weighted by atomic mass is 10.3. The summed E-state index contributed by atoms with van der Waals surface area (Å²) in [5.74, 6) is 0.651. The number of aromatic hydroxyl groups is 1. The van der Waals surface area contributed by atoms with E-state index in [1.807, 2.05) is 6.07 Å². The third-order valence-electron chi connectivity index (χ3n) is 1.96. The van der Waals surface area contributed by atoms with Gasteiger partial charge in [0.1, 0.15) is 17.2 Å². The van der Waals surface area contributed by atoms with E-state index in [4.69, 9.17) is 9.47 Å². The van der Waals surface area contributed by atoms with Gasteiger partial charge in [-0.2, -0.15) is 0 Å². The van der Waals surface area contributed by atoms with Gasteiger partial charge in [0.25, 0.3) is 0 Å². The molecule has 0 heterocycles. The van der Waals surface area contributed by atoms with Crippen molar-refractivity contribution >= 4 is 6.16 Å². The maximum Gasteiger partial charge on any atom is 0.519 e. The van der Waals surface area contributed by atoms with Crippen LogP contribution in [-0.2, 0) is 0 Å². The van der Waals surface area contributed by atoms with E-state index in [2.05, 4.69) is 0 Å². The molecule has 0 atom stereocenters. The van der Waals surface area contributed by atoms with Gasteiger partial charge in [-0.05, 0) is 24.3 Å². The molecule has 0 aromatic heterocycles. The summed E-state index contributed by atoms with van der Waals surface area (Å²) in [6.07, 6.45) is -0.846. The van der Waals surface area contributed by atoms with Crippen LogP contribution in [0.5, 0.6) is 17.2 Å². The summed E-state index contributed by atoms with van der Waals surface area (Å²) < 4.78 is 9.79. The molecule has 2 rings (SSSR count). The first-order valence-electron chi connectivity index (χ1n) is 4.98. The number of para-hydroxylation sites is 1. The van der Waals surface area contributed by atoms with Crippen LogP contribution in [0, 0.1) is 0 Å². The number of rotatable bonds is 2. The largest absolute Gasteiger partial charge is 0.519 e. The first kappa shape index (κ1) is 11.0. The highest BCUT2D eigenvalue weighted by Gasteiger charge is 2.07. The van der Waals surface area contributed by atoms with Gasteiger partial charge in [-0.1, -0.05) is 24.3 Å². The third-order valence-corrected chi connectivity index (χ3v) is 1.96. The van der Waals surface area contributed by atoms with Crippen LogP contribution < -0.4 is 9.47 Å². The van der Waals surface area contributed by atoms with Gasteiger partial charge in [0.15, 0.2) is 0 Å². The number of carbonyl (C=O) groups excluding carboxylic acids is 1. The molecule has 4 nitrogen and oxygen atoms in total. The van der Waals surface area contributed by atoms with Crippen molar-refractivity contribution in [3.8, 4) is 17.2 Å². The minimum atomic E-state index is -0.846. The van der Waals surface area contributed by atoms with Gasteiger partial charge in [0.05, 0.1) is 0 Å². The molecule has 2 aromatic carbocycles. The minimum absolute atomic E-state index is 0.0232. The molecule has 0 saturated carbocycles. The number of hydrogen-bond donors (Lipinski definition) is 1. The number of ether oxygens (including phenoxy) is 2. The molecule has 0 bridgehead atoms. The van der Waals surface area contributed by atoms with Crippen LogP contribution in [-0.4, -0.2) is 11.3 Å². The molecule has 0 aliphatic rings. The zero-order valence-electron chi connectivity index (χ0n) is 8.87. The molecular formula is C13H10O4. The lowest BCUT2D eigenvalue weighted by Gasteiger charge is -2.05. The van der Waals surface area contributed by atoms with Crippen molar-refractivity contribution < 1.29 is 19.4 Å². The molecule has 0 spiro atoms. The Bertz CT molecular complexity index is 508. The maximum atomic E-state index is 11.4. The van der Waals surface area contributed by atoms with E-state index in [-0.39, 0.29) is 11.5 Å². The fraction of sp³-hybridized carbons (Fsp3) is 0. The van der Waals surface area contributed by atoms with E-state index in [0.717, 1.165) is 0 Å². The van der Waals surface area contributed by atoms with Crippen molar-refractivity contribution in [1.82, 2.24) is 0 Å². The van der Waals surface area contributed by atoms with Crippen molar-refractivity contribution in [2.24, 2.45) is 0 Å². The molecular weight excluding hydrogens is 220 g/mol. The average molecular weight is 230 g/mol. The smallest absolute Gasteiger partial charge is 0.508 e. The average Bonchev–Trinajstić information content (AvgIpc) is 2.30. The highest BCUT2D eigenvalue weighted by Crippen LogP contribution is 2.18. The summed E-state index contributed by atoms with van der Waals surface area (Å²) in [5, 5.41) is 9.18. The molecule has 2 aromatic rings. The van der Waals surface area contributed by atoms with Gasteiger partial charge in [-0.25, -0.2) is 4.79 Å². The summed E-state index contributed by atoms with van der Waals surface area (Å²) in [6, 6.07) is 14.5. The molecule has 0 aliphatic carbocycles. The van der Waals surface area contributed by atoms with E-state index in [1.165, 1.54) is 12.1 Å². The van der Waals surface area contributed by atoms with Crippen molar-refractivity contribution in [2.75, 3.05) is 0 Å². The Morgan fingerprint density at radius 3 is 2.24 bits per heavy atom. The molecule has 86 valence electrons. The zero-order valence-corrected chi connectivity index (χ0v) is 8.87. The lowest BCUT2D eigenvalue weighted by molar-refractivity contribution is 0.152. The number of benzene rings is 2. The predicted octanol–water partition coefficient (Wildman–Crippen LogP) is 2.97. The summed E-state index contributed by atoms with van der Waals surface area (Å²) in [6.45, 7) is 0. The Labute approximate surface area is 98.0 Å². The van der Waals surface area contributed by atoms with Gasteiger partial charge in [-0.3, -0.25) is 0 Å². The minimum Gasteiger partial charge on any atom is -0.508 e. The number of carbonyl (C=O) groups is 1. The van der Waals surface area contributed by atoms with Crippen LogP contribution >= 0.6 is 0 Å². The van der Waals surface area contributed by atoms with Crippen LogP contribution in [0.25, 0.3) is 0 Å². The van der Waals surface area contributed by atoms with Gasteiger partial charge in [0, 0.05) is 6.07 Å². The number of phenols is 1. The van der Waals surface area contributed by atoms with Crippen molar-refractivity contribution in [3.05, 3.63) is 54.6 Å². The van der Waals surface area contributed by atoms with Crippen molar-refractivity contribution in [1.29, 1.82) is 0 Å². The molecule has 1 N–H and O–H groups in total. The SMILES string of the molecule is O=C(Oc1ccccc1)Oc1cccc(O)c1. The molecule has 17 heavy (non-hydrogen) atoms. The third kappa shape index (κ3) is 3.24. The second-order valence-corrected chi connectivity index (χ2v) is 3.26. The van der Waals surface area contributed by atoms with Crippen LogP contribution in [0.3, 0.4) is 0 Å². The molecule has 0 fully saturated rings. The van der Waals surface area contributed by atoms with E-state index in [1.54, 1.807) is 36.4 Å². The molecule has 0 saturated heterocycles. The predicted molar refractivity (Wildman–Crippen MR) is 61.2 cm³/mol. The number of phenolic OH excluding ortho intramolecular Hbond substituents is 1. The van der Waals surface area contributed by atoms with Gasteiger partial charge >= 0.3 is 6.16 Å². The Balaban J connectivity index is 1.98. The lowest BCUT2D eigenvalue weighted by Crippen LogP contribution is -2.13. The fourth-order valence-corrected chi connectivity index (χ4v) is 1.25. The van der Waals surface area contributed by atoms with Crippen LogP contribution in [0.15, 0.2) is 54.6 Å². The molecule has 4 heteroatoms. The molecule has 0 aliphatic heterocycles. The standard InChI is InChI=1S/C13H10O4/c14-10-5-4-8-12(9-10)17-13(15)16-11-6-2-1-3-7-11/h1-9,14H. The van der Waals surface area contributed by atoms with Crippen molar-refractivity contribution in [3.63, 3.8) is 0 Å². The molecule has 0 radical (unpaired) electrons. The highest BCUT2D eigenvalue weighted by atomic mass is 16.7. The second kappa shape index (κ2) is 5.03. The summed E-state index contributed by atoms with van der Waals surface area (Å²) in [4.78, 5) is 11.4. The topological polar surface area (TPSA) is 55.8 Å². The first-order valence-corrected chi connectivity index (χ1v) is 4.98. The first-order chi connectivity index (χ1) is 8.24. The Kier molecular flexibility index (Phi) is 3.25. The van der Waals surface area contributed by atoms with E-state index < -0.39 is 6.16 Å². The van der Waals surface area contributed by atoms with Crippen LogP contribution in [0.2, 0.25) is 0 Å². The Hall–Kier alpha value is -2.49. The zero-order chi connectivity index (χ0) is 12.1. The van der Waals surface area contributed by atoms with Gasteiger partial charge in [-0.15, -0.1) is 0 Å². The molecule has 0 unspecified atom stereocenters. The Morgan fingerprint density at radius 1 is 0.882 bits per heavy atom. The maximum absolute atomic E-state index is 11.4. The van der Waals surface area contributed by atoms with Crippen LogP contribution in [0.1, 0.15) is 0 Å². The van der Waals surface area contributed by atoms with E-state index in [9.17, 15) is 9.90 Å². The van der Waals surface area contributed by atoms with Gasteiger partial charge in [0.2, 0.25) is 0 Å². The van der Waals surface area contributed by atoms with Crippen molar-refractivity contribution in [2.45, 2.75) is 0 Å². The number of hydrogen-bond acceptors (Lipinski definition) is 4. The van der Waals surface area contributed by atoms with Gasteiger partial charge < -0.3 is 14.6 Å². The molecule has 0 amide bonds. The van der Waals surface area contributed by atoms with E-state index >= 15 is 0 Å². The van der Waals surface area contributed by atoms with E-state index in [0.29, 0.717) is 5.75 Å². The Morgan fingerprint density at radius 2 is 1.53 bits per heavy atom. The normalized spacial score (nSPS) is 9.65. The monoisotopic (exact) mass is 230 g/mol.